The van der Waals surface area contributed by atoms with Gasteiger partial charge in [0.2, 0.25) is 0 Å². The van der Waals surface area contributed by atoms with E-state index in [1.165, 1.54) is 0 Å². The minimum absolute atomic E-state index is 0.0265. The highest BCUT2D eigenvalue weighted by molar-refractivity contribution is 6.42. The molecular formula is C36H49Cl2N5O3. The van der Waals surface area contributed by atoms with Crippen molar-refractivity contribution >= 4 is 41.6 Å². The van der Waals surface area contributed by atoms with Crippen LogP contribution < -0.4 is 20.9 Å². The first-order chi connectivity index (χ1) is 22.0. The van der Waals surface area contributed by atoms with Crippen molar-refractivity contribution in [3.05, 3.63) is 84.8 Å². The summed E-state index contributed by atoms with van der Waals surface area (Å²) >= 11 is 11.4. The monoisotopic (exact) mass is 669 g/mol. The summed E-state index contributed by atoms with van der Waals surface area (Å²) < 4.78 is 7.49. The first kappa shape index (κ1) is 37.4. The van der Waals surface area contributed by atoms with Crippen molar-refractivity contribution in [3.63, 3.8) is 0 Å². The Labute approximate surface area is 283 Å². The number of aldehydes is 1. The molecule has 1 aliphatic rings. The molecule has 1 aliphatic carbocycles. The number of fused-ring (bicyclic) bond motifs is 1. The molecule has 46 heavy (non-hydrogen) atoms. The number of halogens is 2. The largest absolute Gasteiger partial charge is 0.494 e. The zero-order valence-electron chi connectivity index (χ0n) is 28.1. The Morgan fingerprint density at radius 2 is 1.63 bits per heavy atom. The predicted octanol–water partition coefficient (Wildman–Crippen LogP) is 4.64. The predicted molar refractivity (Wildman–Crippen MR) is 191 cm³/mol. The van der Waals surface area contributed by atoms with Crippen molar-refractivity contribution in [2.24, 2.45) is 0 Å². The first-order valence-corrected chi connectivity index (χ1v) is 16.7. The number of hydrogen-bond acceptors (Lipinski definition) is 7. The molecule has 0 radical (unpaired) electrons. The van der Waals surface area contributed by atoms with Gasteiger partial charge < -0.3 is 24.2 Å². The minimum atomic E-state index is 0.0265. The third-order valence-corrected chi connectivity index (χ3v) is 8.46. The van der Waals surface area contributed by atoms with Crippen LogP contribution >= 0.6 is 23.2 Å². The molecule has 0 aliphatic heterocycles. The number of carbonyl (C=O) groups is 1. The lowest BCUT2D eigenvalue weighted by molar-refractivity contribution is -0.107. The molecule has 0 bridgehead atoms. The van der Waals surface area contributed by atoms with Crippen molar-refractivity contribution in [1.82, 2.24) is 24.3 Å². The van der Waals surface area contributed by atoms with Gasteiger partial charge in [0.1, 0.15) is 17.9 Å². The van der Waals surface area contributed by atoms with Gasteiger partial charge in [-0.05, 0) is 116 Å². The number of rotatable bonds is 15. The lowest BCUT2D eigenvalue weighted by Gasteiger charge is -2.27. The molecular weight excluding hydrogens is 621 g/mol. The highest BCUT2D eigenvalue weighted by Crippen LogP contribution is 2.24. The molecule has 1 heterocycles. The molecule has 1 aromatic heterocycles. The molecule has 8 nitrogen and oxygen atoms in total. The van der Waals surface area contributed by atoms with Gasteiger partial charge in [-0.2, -0.15) is 0 Å². The molecule has 4 rings (SSSR count). The fourth-order valence-corrected chi connectivity index (χ4v) is 5.62. The summed E-state index contributed by atoms with van der Waals surface area (Å²) in [6.45, 7) is 6.41. The molecule has 0 fully saturated rings. The van der Waals surface area contributed by atoms with Crippen LogP contribution in [0.2, 0.25) is 10.0 Å². The molecule has 0 saturated carbocycles. The van der Waals surface area contributed by atoms with E-state index in [0.717, 1.165) is 91.5 Å². The van der Waals surface area contributed by atoms with Crippen molar-refractivity contribution in [1.29, 1.82) is 0 Å². The van der Waals surface area contributed by atoms with Crippen LogP contribution in [0.1, 0.15) is 49.9 Å². The van der Waals surface area contributed by atoms with Gasteiger partial charge in [-0.3, -0.25) is 9.36 Å². The van der Waals surface area contributed by atoms with Crippen LogP contribution in [0.15, 0.2) is 47.3 Å². The average molecular weight is 671 g/mol. The third kappa shape index (κ3) is 11.4. The molecule has 0 spiro atoms. The highest BCUT2D eigenvalue weighted by atomic mass is 35.5. The molecule has 1 unspecified atom stereocenters. The number of carbonyl (C=O) groups excluding carboxylic acids is 1. The number of benzene rings is 2. The molecule has 2 aromatic carbocycles. The van der Waals surface area contributed by atoms with Gasteiger partial charge >= 0.3 is 0 Å². The van der Waals surface area contributed by atoms with Gasteiger partial charge in [0.15, 0.2) is 0 Å². The van der Waals surface area contributed by atoms with E-state index in [-0.39, 0.29) is 11.5 Å². The van der Waals surface area contributed by atoms with Crippen LogP contribution in [0.25, 0.3) is 17.8 Å². The first-order valence-electron chi connectivity index (χ1n) is 16.0. The summed E-state index contributed by atoms with van der Waals surface area (Å²) in [5.74, 6) is 1.81. The van der Waals surface area contributed by atoms with E-state index >= 15 is 0 Å². The Bertz CT molecular complexity index is 1590. The topological polar surface area (TPSA) is 70.9 Å². The summed E-state index contributed by atoms with van der Waals surface area (Å²) in [7, 11) is 10.6. The Kier molecular flexibility index (Phi) is 15.4. The second kappa shape index (κ2) is 19.0. The molecule has 0 N–H and O–H groups in total. The molecule has 0 saturated heterocycles. The van der Waals surface area contributed by atoms with E-state index in [4.69, 9.17) is 32.9 Å². The quantitative estimate of drug-likeness (QED) is 0.219. The van der Waals surface area contributed by atoms with Crippen LogP contribution in [-0.2, 0) is 11.2 Å². The summed E-state index contributed by atoms with van der Waals surface area (Å²) in [5.41, 5.74) is 1.75. The standard InChI is InChI=1S/C28H43N5O2.C8H6Cl2O/c1-7-35-24-16-14-23(15-17-24)33-27(29-26-13-9-8-12-25(26)28(33)34)22(11-10-18-30(2)3)21-32(6)20-19-31(4)5;9-7-2-1-6(3-4-11)5-8(7)10/h12-17,22H,7-11,18-21H2,1-6H3;1-2,4-5H,3H2. The molecule has 1 atom stereocenters. The minimum Gasteiger partial charge on any atom is -0.494 e. The van der Waals surface area contributed by atoms with E-state index < -0.39 is 0 Å². The van der Waals surface area contributed by atoms with Gasteiger partial charge in [0.05, 0.1) is 32.9 Å². The number of likely N-dealkylation sites (N-methyl/N-ethyl adjacent to an activating group) is 2. The van der Waals surface area contributed by atoms with Crippen molar-refractivity contribution in [3.8, 4) is 11.4 Å². The number of aromatic nitrogens is 2. The summed E-state index contributed by atoms with van der Waals surface area (Å²) in [6, 6.07) is 13.0. The normalized spacial score (nSPS) is 13.0. The number of nitrogens with zero attached hydrogens (tertiary/aromatic N) is 5. The molecule has 0 amide bonds. The van der Waals surface area contributed by atoms with Crippen molar-refractivity contribution < 1.29 is 9.53 Å². The van der Waals surface area contributed by atoms with Gasteiger partial charge in [0.25, 0.3) is 5.56 Å². The van der Waals surface area contributed by atoms with E-state index in [1.54, 1.807) is 18.2 Å². The maximum atomic E-state index is 13.8. The van der Waals surface area contributed by atoms with Gasteiger partial charge in [-0.25, -0.2) is 4.98 Å². The van der Waals surface area contributed by atoms with Crippen LogP contribution in [0.4, 0.5) is 0 Å². The van der Waals surface area contributed by atoms with Crippen LogP contribution in [0.3, 0.4) is 0 Å². The summed E-state index contributed by atoms with van der Waals surface area (Å²) in [6.07, 6.45) is 9.21. The second-order valence-corrected chi connectivity index (χ2v) is 13.0. The van der Waals surface area contributed by atoms with Crippen molar-refractivity contribution in [2.45, 2.75) is 44.9 Å². The lowest BCUT2D eigenvalue weighted by atomic mass is 10.00. The maximum absolute atomic E-state index is 13.8. The molecule has 3 aromatic rings. The fraction of sp³-hybridized carbons (Fsp3) is 0.472. The summed E-state index contributed by atoms with van der Waals surface area (Å²) in [5, 5.41) is 2.57. The SMILES string of the molecule is CCOc1ccc(-n2c(C(CCCN(C)C)CN(C)CCN(C)C)nc3c(c2=O)=CCCC=3)cc1.O=CCc1ccc(Cl)c(Cl)c1. The Hall–Kier alpha value is -3.01. The zero-order chi connectivity index (χ0) is 33.6. The van der Waals surface area contributed by atoms with Crippen LogP contribution in [0.5, 0.6) is 5.75 Å². The van der Waals surface area contributed by atoms with Gasteiger partial charge in [-0.1, -0.05) is 41.4 Å². The van der Waals surface area contributed by atoms with Gasteiger partial charge in [-0.15, -0.1) is 0 Å². The zero-order valence-corrected chi connectivity index (χ0v) is 29.7. The van der Waals surface area contributed by atoms with E-state index in [0.29, 0.717) is 23.1 Å². The Morgan fingerprint density at radius 1 is 0.935 bits per heavy atom. The molecule has 250 valence electrons. The Balaban J connectivity index is 0.000000441. The van der Waals surface area contributed by atoms with E-state index in [1.807, 2.05) is 41.8 Å². The molecule has 10 heteroatoms. The van der Waals surface area contributed by atoms with E-state index in [2.05, 4.69) is 56.0 Å². The highest BCUT2D eigenvalue weighted by Gasteiger charge is 2.23. The van der Waals surface area contributed by atoms with Crippen LogP contribution in [-0.4, -0.2) is 98.6 Å². The maximum Gasteiger partial charge on any atom is 0.265 e. The second-order valence-electron chi connectivity index (χ2n) is 12.1. The third-order valence-electron chi connectivity index (χ3n) is 7.72. The van der Waals surface area contributed by atoms with Crippen molar-refractivity contribution in [2.75, 3.05) is 68.0 Å². The summed E-state index contributed by atoms with van der Waals surface area (Å²) in [4.78, 5) is 35.9. The Morgan fingerprint density at radius 3 is 2.26 bits per heavy atom. The average Bonchev–Trinajstić information content (AvgIpc) is 3.02. The van der Waals surface area contributed by atoms with Crippen LogP contribution in [0, 0.1) is 0 Å². The van der Waals surface area contributed by atoms with Gasteiger partial charge in [0, 0.05) is 32.0 Å². The lowest BCUT2D eigenvalue weighted by Crippen LogP contribution is -2.49. The number of ether oxygens (including phenoxy) is 1. The van der Waals surface area contributed by atoms with E-state index in [9.17, 15) is 9.59 Å². The smallest absolute Gasteiger partial charge is 0.265 e. The number of hydrogen-bond donors (Lipinski definition) is 0. The fourth-order valence-electron chi connectivity index (χ4n) is 5.30.